The molecule has 3 aromatic rings. The fraction of sp³-hybridized carbons (Fsp3) is 0.160. The molecule has 37 heavy (non-hydrogen) atoms. The van der Waals surface area contributed by atoms with Crippen LogP contribution in [0.25, 0.3) is 0 Å². The molecule has 0 fully saturated rings. The van der Waals surface area contributed by atoms with E-state index in [4.69, 9.17) is 10.5 Å². The molecule has 0 amide bonds. The molecule has 0 unspecified atom stereocenters. The Morgan fingerprint density at radius 1 is 0.973 bits per heavy atom. The van der Waals surface area contributed by atoms with E-state index in [2.05, 4.69) is 5.32 Å². The number of nitrogens with one attached hydrogen (secondary N) is 1. The number of methoxy groups -OCH3 is 1. The quantitative estimate of drug-likeness (QED) is 0.0709. The van der Waals surface area contributed by atoms with E-state index in [1.165, 1.54) is 48.2 Å². The van der Waals surface area contributed by atoms with E-state index in [-0.39, 0.29) is 17.2 Å². The van der Waals surface area contributed by atoms with Gasteiger partial charge in [0.25, 0.3) is 11.4 Å². The second-order valence-corrected chi connectivity index (χ2v) is 10.3. The maximum Gasteiger partial charge on any atom is 0.270 e. The Morgan fingerprint density at radius 2 is 1.57 bits per heavy atom. The second-order valence-electron chi connectivity index (χ2n) is 8.04. The number of anilines is 2. The average Bonchev–Trinajstić information content (AvgIpc) is 2.85. The number of nitro groups is 2. The van der Waals surface area contributed by atoms with Crippen molar-refractivity contribution in [2.75, 3.05) is 18.2 Å². The van der Waals surface area contributed by atoms with E-state index < -0.39 is 9.85 Å². The highest BCUT2D eigenvalue weighted by Gasteiger charge is 2.19. The molecule has 0 bridgehead atoms. The van der Waals surface area contributed by atoms with E-state index in [0.717, 1.165) is 10.8 Å². The number of hydrogen-bond donors (Lipinski definition) is 2. The third kappa shape index (κ3) is 6.80. The number of allylic oxidation sites excluding steroid dienone is 2. The summed E-state index contributed by atoms with van der Waals surface area (Å²) < 4.78 is 5.17. The molecule has 3 rings (SSSR count). The van der Waals surface area contributed by atoms with Crippen molar-refractivity contribution >= 4 is 50.1 Å². The number of benzene rings is 3. The van der Waals surface area contributed by atoms with Crippen molar-refractivity contribution in [2.24, 2.45) is 0 Å². The van der Waals surface area contributed by atoms with Crippen LogP contribution in [-0.2, 0) is 0 Å². The van der Waals surface area contributed by atoms with Gasteiger partial charge in [0.15, 0.2) is 5.78 Å². The third-order valence-corrected chi connectivity index (χ3v) is 7.71. The van der Waals surface area contributed by atoms with Crippen molar-refractivity contribution in [1.82, 2.24) is 0 Å². The maximum absolute atomic E-state index is 12.8. The summed E-state index contributed by atoms with van der Waals surface area (Å²) in [7, 11) is 3.84. The molecular weight excluding hydrogens is 516 g/mol. The van der Waals surface area contributed by atoms with Crippen LogP contribution in [0.1, 0.15) is 28.4 Å². The lowest BCUT2D eigenvalue weighted by molar-refractivity contribution is -0.385. The summed E-state index contributed by atoms with van der Waals surface area (Å²) in [6.07, 6.45) is 1.43. The molecular formula is C25H24N4O6S2. The number of nitrogen functional groups attached to an aromatic ring is 1. The second kappa shape index (κ2) is 11.8. The number of non-ortho nitro benzene ring substituents is 2. The number of nitrogens with zero attached hydrogens (tertiary/aromatic N) is 2. The minimum absolute atomic E-state index is 0.0989. The van der Waals surface area contributed by atoms with Crippen molar-refractivity contribution in [3.8, 4) is 5.75 Å². The number of carbonyl (C=O) groups is 1. The van der Waals surface area contributed by atoms with Gasteiger partial charge in [-0.1, -0.05) is 33.7 Å². The van der Waals surface area contributed by atoms with Crippen molar-refractivity contribution in [3.63, 3.8) is 0 Å². The predicted octanol–water partition coefficient (Wildman–Crippen LogP) is 6.71. The molecule has 0 aliphatic rings. The van der Waals surface area contributed by atoms with Crippen LogP contribution in [0.4, 0.5) is 22.7 Å². The number of rotatable bonds is 10. The van der Waals surface area contributed by atoms with Gasteiger partial charge < -0.3 is 15.8 Å². The zero-order valence-corrected chi connectivity index (χ0v) is 22.1. The van der Waals surface area contributed by atoms with Crippen LogP contribution in [0.15, 0.2) is 70.1 Å². The first-order chi connectivity index (χ1) is 17.5. The summed E-state index contributed by atoms with van der Waals surface area (Å²) in [6.45, 7) is 5.10. The molecule has 192 valence electrons. The molecule has 0 aromatic heterocycles. The van der Waals surface area contributed by atoms with E-state index in [1.807, 2.05) is 0 Å². The van der Waals surface area contributed by atoms with Gasteiger partial charge in [-0.2, -0.15) is 0 Å². The molecule has 0 heterocycles. The predicted molar refractivity (Wildman–Crippen MR) is 146 cm³/mol. The number of carbonyl (C=O) groups excluding carboxylic acids is 1. The molecule has 0 spiro atoms. The lowest BCUT2D eigenvalue weighted by Gasteiger charge is -2.15. The van der Waals surface area contributed by atoms with E-state index in [1.54, 1.807) is 45.0 Å². The molecule has 3 aromatic carbocycles. The summed E-state index contributed by atoms with van der Waals surface area (Å²) in [6, 6.07) is 12.4. The summed E-state index contributed by atoms with van der Waals surface area (Å²) >= 11 is 0. The number of nitrogens with two attached hydrogens (primary N) is 1. The standard InChI is InChI=1S/C25H24N4O6S2/c1-14-8-18(28(31)32)12-22(24(14)26)36-37-23-13-19(29(33)34)9-15(2)25(23)27-16(3)10-21(30)17-6-5-7-20(11-17)35-4/h5-13,27H,26H2,1-4H3/b16-10+. The van der Waals surface area contributed by atoms with Gasteiger partial charge in [0.1, 0.15) is 5.75 Å². The fourth-order valence-electron chi connectivity index (χ4n) is 3.37. The first kappa shape index (κ1) is 27.6. The lowest BCUT2D eigenvalue weighted by Crippen LogP contribution is -2.04. The van der Waals surface area contributed by atoms with Crippen LogP contribution >= 0.6 is 21.6 Å². The van der Waals surface area contributed by atoms with E-state index >= 15 is 0 Å². The Labute approximate surface area is 221 Å². The maximum atomic E-state index is 12.8. The van der Waals surface area contributed by atoms with Gasteiger partial charge >= 0.3 is 0 Å². The third-order valence-electron chi connectivity index (χ3n) is 5.28. The van der Waals surface area contributed by atoms with Gasteiger partial charge in [0.05, 0.1) is 22.6 Å². The average molecular weight is 541 g/mol. The molecule has 3 N–H and O–H groups in total. The zero-order valence-electron chi connectivity index (χ0n) is 20.4. The molecule has 0 aliphatic carbocycles. The highest BCUT2D eigenvalue weighted by atomic mass is 33.1. The minimum Gasteiger partial charge on any atom is -0.497 e. The topological polar surface area (TPSA) is 151 Å². The largest absolute Gasteiger partial charge is 0.497 e. The highest BCUT2D eigenvalue weighted by molar-refractivity contribution is 8.76. The molecule has 12 heteroatoms. The first-order valence-corrected chi connectivity index (χ1v) is 13.0. The van der Waals surface area contributed by atoms with Crippen LogP contribution < -0.4 is 15.8 Å². The number of aryl methyl sites for hydroxylation is 2. The van der Waals surface area contributed by atoms with Crippen molar-refractivity contribution in [1.29, 1.82) is 0 Å². The highest BCUT2D eigenvalue weighted by Crippen LogP contribution is 2.47. The summed E-state index contributed by atoms with van der Waals surface area (Å²) in [5.41, 5.74) is 8.99. The van der Waals surface area contributed by atoms with E-state index in [0.29, 0.717) is 49.3 Å². The van der Waals surface area contributed by atoms with Gasteiger partial charge in [-0.15, -0.1) is 0 Å². The zero-order chi connectivity index (χ0) is 27.3. The molecule has 10 nitrogen and oxygen atoms in total. The smallest absolute Gasteiger partial charge is 0.270 e. The first-order valence-electron chi connectivity index (χ1n) is 10.8. The van der Waals surface area contributed by atoms with Crippen molar-refractivity contribution in [3.05, 3.63) is 97.2 Å². The van der Waals surface area contributed by atoms with Gasteiger partial charge in [0, 0.05) is 57.1 Å². The van der Waals surface area contributed by atoms with Crippen LogP contribution in [0.5, 0.6) is 5.75 Å². The molecule has 0 saturated heterocycles. The Balaban J connectivity index is 1.93. The van der Waals surface area contributed by atoms with Crippen LogP contribution in [0, 0.1) is 34.1 Å². The van der Waals surface area contributed by atoms with E-state index in [9.17, 15) is 25.0 Å². The Morgan fingerprint density at radius 3 is 2.19 bits per heavy atom. The molecule has 0 atom stereocenters. The van der Waals surface area contributed by atoms with Crippen molar-refractivity contribution in [2.45, 2.75) is 30.6 Å². The summed E-state index contributed by atoms with van der Waals surface area (Å²) in [4.78, 5) is 35.5. The molecule has 0 aliphatic heterocycles. The van der Waals surface area contributed by atoms with Gasteiger partial charge in [-0.25, -0.2) is 0 Å². The fourth-order valence-corrected chi connectivity index (χ4v) is 5.78. The van der Waals surface area contributed by atoms with Gasteiger partial charge in [-0.3, -0.25) is 25.0 Å². The number of nitro benzene ring substituents is 2. The molecule has 0 radical (unpaired) electrons. The minimum atomic E-state index is -0.501. The number of hydrogen-bond acceptors (Lipinski definition) is 10. The van der Waals surface area contributed by atoms with Crippen LogP contribution in [0.3, 0.4) is 0 Å². The summed E-state index contributed by atoms with van der Waals surface area (Å²) in [5.74, 6) is 0.314. The van der Waals surface area contributed by atoms with Gasteiger partial charge in [0.2, 0.25) is 0 Å². The normalized spacial score (nSPS) is 11.2. The Hall–Kier alpha value is -4.03. The number of ether oxygens (including phenoxy) is 1. The van der Waals surface area contributed by atoms with Crippen LogP contribution in [0.2, 0.25) is 0 Å². The lowest BCUT2D eigenvalue weighted by atomic mass is 10.1. The Kier molecular flexibility index (Phi) is 8.79. The molecule has 0 saturated carbocycles. The van der Waals surface area contributed by atoms with Gasteiger partial charge in [-0.05, 0) is 44.0 Å². The van der Waals surface area contributed by atoms with Crippen LogP contribution in [-0.4, -0.2) is 22.7 Å². The monoisotopic (exact) mass is 540 g/mol. The number of ketones is 1. The Bertz CT molecular complexity index is 1420. The summed E-state index contributed by atoms with van der Waals surface area (Å²) in [5, 5.41) is 26.0. The van der Waals surface area contributed by atoms with Crippen molar-refractivity contribution < 1.29 is 19.4 Å². The SMILES string of the molecule is COc1cccc(C(=O)/C=C(\C)Nc2c(C)cc([N+](=O)[O-])cc2SSc2cc([N+](=O)[O-])cc(C)c2N)c1.